The molecule has 0 radical (unpaired) electrons. The summed E-state index contributed by atoms with van der Waals surface area (Å²) < 4.78 is 10.5. The fraction of sp³-hybridized carbons (Fsp3) is 0.263. The first-order valence-electron chi connectivity index (χ1n) is 8.49. The number of benzene rings is 2. The van der Waals surface area contributed by atoms with Crippen molar-refractivity contribution >= 4 is 35.2 Å². The smallest absolute Gasteiger partial charge is 0.251 e. The van der Waals surface area contributed by atoms with Crippen LogP contribution in [0.15, 0.2) is 41.3 Å². The summed E-state index contributed by atoms with van der Waals surface area (Å²) in [6.45, 7) is 0.0425. The fourth-order valence-corrected chi connectivity index (χ4v) is 4.35. The van der Waals surface area contributed by atoms with Crippen LogP contribution < -0.4 is 20.1 Å². The van der Waals surface area contributed by atoms with Crippen molar-refractivity contribution < 1.29 is 19.1 Å². The SMILES string of the molecule is O=C(CNC(=O)c1ccc2c(c1)OCO2)NC1CCSc2ccc(Cl)cc21. The van der Waals surface area contributed by atoms with Crippen molar-refractivity contribution in [3.8, 4) is 11.5 Å². The van der Waals surface area contributed by atoms with Gasteiger partial charge in [-0.2, -0.15) is 0 Å². The summed E-state index contributed by atoms with van der Waals surface area (Å²) >= 11 is 7.84. The molecule has 2 aromatic carbocycles. The molecular formula is C19H17ClN2O4S. The van der Waals surface area contributed by atoms with Crippen molar-refractivity contribution in [2.75, 3.05) is 19.1 Å². The van der Waals surface area contributed by atoms with Gasteiger partial charge in [-0.1, -0.05) is 11.6 Å². The maximum absolute atomic E-state index is 12.3. The minimum atomic E-state index is -0.342. The highest BCUT2D eigenvalue weighted by Crippen LogP contribution is 2.37. The van der Waals surface area contributed by atoms with Crippen LogP contribution in [0.5, 0.6) is 11.5 Å². The maximum Gasteiger partial charge on any atom is 0.251 e. The Morgan fingerprint density at radius 2 is 2.00 bits per heavy atom. The molecule has 2 aliphatic rings. The second-order valence-electron chi connectivity index (χ2n) is 6.19. The minimum Gasteiger partial charge on any atom is -0.454 e. The lowest BCUT2D eigenvalue weighted by Crippen LogP contribution is -2.39. The van der Waals surface area contributed by atoms with E-state index in [4.69, 9.17) is 21.1 Å². The summed E-state index contributed by atoms with van der Waals surface area (Å²) in [5.41, 5.74) is 1.44. The summed E-state index contributed by atoms with van der Waals surface area (Å²) in [6.07, 6.45) is 0.819. The van der Waals surface area contributed by atoms with Gasteiger partial charge < -0.3 is 20.1 Å². The molecule has 2 aliphatic heterocycles. The van der Waals surface area contributed by atoms with Crippen LogP contribution in [0, 0.1) is 0 Å². The van der Waals surface area contributed by atoms with Crippen molar-refractivity contribution in [2.45, 2.75) is 17.4 Å². The van der Waals surface area contributed by atoms with Crippen molar-refractivity contribution in [1.29, 1.82) is 0 Å². The molecule has 0 aliphatic carbocycles. The number of amides is 2. The largest absolute Gasteiger partial charge is 0.454 e. The molecule has 140 valence electrons. The Balaban J connectivity index is 1.35. The lowest BCUT2D eigenvalue weighted by atomic mass is 10.0. The summed E-state index contributed by atoms with van der Waals surface area (Å²) in [5, 5.41) is 6.26. The van der Waals surface area contributed by atoms with E-state index in [-0.39, 0.29) is 31.2 Å². The molecule has 0 spiro atoms. The van der Waals surface area contributed by atoms with Crippen molar-refractivity contribution in [2.24, 2.45) is 0 Å². The average Bonchev–Trinajstić information content (AvgIpc) is 3.14. The van der Waals surface area contributed by atoms with Crippen LogP contribution in [-0.4, -0.2) is 30.9 Å². The molecule has 0 aromatic heterocycles. The number of rotatable bonds is 4. The molecule has 1 atom stereocenters. The Morgan fingerprint density at radius 1 is 1.15 bits per heavy atom. The third kappa shape index (κ3) is 3.99. The first kappa shape index (κ1) is 18.0. The third-order valence-corrected chi connectivity index (χ3v) is 5.75. The van der Waals surface area contributed by atoms with Gasteiger partial charge in [0.15, 0.2) is 11.5 Å². The third-order valence-electron chi connectivity index (χ3n) is 4.39. The van der Waals surface area contributed by atoms with E-state index in [9.17, 15) is 9.59 Å². The van der Waals surface area contributed by atoms with Crippen LogP contribution in [-0.2, 0) is 4.79 Å². The molecule has 0 saturated carbocycles. The number of carbonyl (C=O) groups excluding carboxylic acids is 2. The molecule has 6 nitrogen and oxygen atoms in total. The van der Waals surface area contributed by atoms with Crippen molar-refractivity contribution in [3.05, 3.63) is 52.5 Å². The van der Waals surface area contributed by atoms with Gasteiger partial charge >= 0.3 is 0 Å². The number of nitrogens with one attached hydrogen (secondary N) is 2. The molecule has 2 aromatic rings. The van der Waals surface area contributed by atoms with Gasteiger partial charge in [-0.25, -0.2) is 0 Å². The number of ether oxygens (including phenoxy) is 2. The summed E-state index contributed by atoms with van der Waals surface area (Å²) in [6, 6.07) is 10.5. The lowest BCUT2D eigenvalue weighted by Gasteiger charge is -2.26. The Hall–Kier alpha value is -2.38. The average molecular weight is 405 g/mol. The molecule has 0 saturated heterocycles. The highest BCUT2D eigenvalue weighted by atomic mass is 35.5. The number of halogens is 1. The van der Waals surface area contributed by atoms with E-state index < -0.39 is 0 Å². The van der Waals surface area contributed by atoms with E-state index in [2.05, 4.69) is 10.6 Å². The van der Waals surface area contributed by atoms with Gasteiger partial charge in [0.2, 0.25) is 12.7 Å². The quantitative estimate of drug-likeness (QED) is 0.818. The van der Waals surface area contributed by atoms with Crippen LogP contribution in [0.25, 0.3) is 0 Å². The number of hydrogen-bond donors (Lipinski definition) is 2. The molecule has 0 fully saturated rings. The van der Waals surface area contributed by atoms with Gasteiger partial charge in [-0.3, -0.25) is 9.59 Å². The number of fused-ring (bicyclic) bond motifs is 2. The van der Waals surface area contributed by atoms with Gasteiger partial charge in [0, 0.05) is 21.2 Å². The van der Waals surface area contributed by atoms with Crippen LogP contribution >= 0.6 is 23.4 Å². The summed E-state index contributed by atoms with van der Waals surface area (Å²) in [5.74, 6) is 1.47. The monoisotopic (exact) mass is 404 g/mol. The molecule has 27 heavy (non-hydrogen) atoms. The molecular weight excluding hydrogens is 388 g/mol. The molecule has 0 bridgehead atoms. The van der Waals surface area contributed by atoms with Crippen LogP contribution in [0.2, 0.25) is 5.02 Å². The van der Waals surface area contributed by atoms with Crippen LogP contribution in [0.4, 0.5) is 0 Å². The molecule has 8 heteroatoms. The van der Waals surface area contributed by atoms with Crippen LogP contribution in [0.1, 0.15) is 28.4 Å². The fourth-order valence-electron chi connectivity index (χ4n) is 3.06. The van der Waals surface area contributed by atoms with Gasteiger partial charge in [-0.15, -0.1) is 11.8 Å². The predicted molar refractivity (Wildman–Crippen MR) is 103 cm³/mol. The zero-order chi connectivity index (χ0) is 18.8. The first-order valence-corrected chi connectivity index (χ1v) is 9.86. The van der Waals surface area contributed by atoms with Gasteiger partial charge in [0.1, 0.15) is 0 Å². The standard InChI is InChI=1S/C19H17ClN2O4S/c20-12-2-4-17-13(8-12)14(5-6-27-17)22-18(23)9-21-19(24)11-1-3-15-16(7-11)26-10-25-15/h1-4,7-8,14H,5-6,9-10H2,(H,21,24)(H,22,23). The van der Waals surface area contributed by atoms with Gasteiger partial charge in [0.25, 0.3) is 5.91 Å². The normalized spacial score (nSPS) is 17.1. The zero-order valence-corrected chi connectivity index (χ0v) is 15.9. The Kier molecular flexibility index (Phi) is 5.13. The highest BCUT2D eigenvalue weighted by Gasteiger charge is 2.23. The predicted octanol–water partition coefficient (Wildman–Crippen LogP) is 3.15. The molecule has 4 rings (SSSR count). The zero-order valence-electron chi connectivity index (χ0n) is 14.3. The Bertz CT molecular complexity index is 905. The van der Waals surface area contributed by atoms with E-state index in [1.54, 1.807) is 30.0 Å². The Morgan fingerprint density at radius 3 is 2.89 bits per heavy atom. The number of thioether (sulfide) groups is 1. The van der Waals surface area contributed by atoms with E-state index in [0.717, 1.165) is 22.6 Å². The summed E-state index contributed by atoms with van der Waals surface area (Å²) in [7, 11) is 0. The maximum atomic E-state index is 12.3. The molecule has 2 N–H and O–H groups in total. The highest BCUT2D eigenvalue weighted by molar-refractivity contribution is 7.99. The lowest BCUT2D eigenvalue weighted by molar-refractivity contribution is -0.120. The number of carbonyl (C=O) groups is 2. The van der Waals surface area contributed by atoms with E-state index in [1.807, 2.05) is 18.2 Å². The van der Waals surface area contributed by atoms with E-state index in [1.165, 1.54) is 0 Å². The molecule has 2 heterocycles. The van der Waals surface area contributed by atoms with Crippen molar-refractivity contribution in [3.63, 3.8) is 0 Å². The first-order chi connectivity index (χ1) is 13.1. The van der Waals surface area contributed by atoms with Gasteiger partial charge in [0.05, 0.1) is 12.6 Å². The molecule has 2 amide bonds. The second kappa shape index (κ2) is 7.70. The Labute approximate surface area is 165 Å². The number of hydrogen-bond acceptors (Lipinski definition) is 5. The van der Waals surface area contributed by atoms with Gasteiger partial charge in [-0.05, 0) is 48.4 Å². The second-order valence-corrected chi connectivity index (χ2v) is 7.76. The summed E-state index contributed by atoms with van der Waals surface area (Å²) in [4.78, 5) is 25.7. The van der Waals surface area contributed by atoms with E-state index in [0.29, 0.717) is 22.1 Å². The van der Waals surface area contributed by atoms with Crippen LogP contribution in [0.3, 0.4) is 0 Å². The minimum absolute atomic E-state index is 0.102. The van der Waals surface area contributed by atoms with Crippen molar-refractivity contribution in [1.82, 2.24) is 10.6 Å². The topological polar surface area (TPSA) is 76.7 Å². The molecule has 1 unspecified atom stereocenters. The van der Waals surface area contributed by atoms with E-state index >= 15 is 0 Å².